The zero-order valence-corrected chi connectivity index (χ0v) is 22.4. The van der Waals surface area contributed by atoms with Gasteiger partial charge in [0.15, 0.2) is 11.9 Å². The van der Waals surface area contributed by atoms with Crippen molar-refractivity contribution in [1.29, 1.82) is 0 Å². The molecule has 2 heterocycles. The van der Waals surface area contributed by atoms with E-state index in [1.165, 1.54) is 24.6 Å². The summed E-state index contributed by atoms with van der Waals surface area (Å²) in [6.45, 7) is 7.20. The van der Waals surface area contributed by atoms with Gasteiger partial charge in [-0.3, -0.25) is 13.9 Å². The van der Waals surface area contributed by atoms with Gasteiger partial charge in [-0.25, -0.2) is 13.9 Å². The molecule has 6 atom stereocenters. The van der Waals surface area contributed by atoms with Crippen LogP contribution in [0.4, 0.5) is 4.39 Å². The number of aliphatic hydroxyl groups excluding tert-OH is 1. The highest BCUT2D eigenvalue weighted by Gasteiger charge is 2.55. The Labute approximate surface area is 214 Å². The van der Waals surface area contributed by atoms with Gasteiger partial charge >= 0.3 is 13.7 Å². The van der Waals surface area contributed by atoms with Crippen molar-refractivity contribution in [1.82, 2.24) is 14.6 Å². The molecule has 2 aromatic rings. The number of ether oxygens (including phenoxy) is 2. The number of carbonyl (C=O) groups excluding carboxylic acids is 1. The average Bonchev–Trinajstić information content (AvgIpc) is 3.01. The maximum absolute atomic E-state index is 15.6. The fourth-order valence-corrected chi connectivity index (χ4v) is 5.34. The fraction of sp³-hybridized carbons (Fsp3) is 0.522. The highest BCUT2D eigenvalue weighted by Crippen LogP contribution is 2.47. The molecule has 1 aliphatic heterocycles. The number of rotatable bonds is 10. The third-order valence-electron chi connectivity index (χ3n) is 5.37. The first-order valence-electron chi connectivity index (χ1n) is 11.4. The van der Waals surface area contributed by atoms with Crippen LogP contribution in [0.3, 0.4) is 0 Å². The summed E-state index contributed by atoms with van der Waals surface area (Å²) in [5, 5.41) is 13.2. The molecule has 2 N–H and O–H groups in total. The highest BCUT2D eigenvalue weighted by atomic mass is 32.1. The molecule has 0 spiro atoms. The molecule has 0 saturated carbocycles. The lowest BCUT2D eigenvalue weighted by molar-refractivity contribution is -0.149. The number of para-hydroxylation sites is 1. The number of nitrogens with one attached hydrogen (secondary N) is 1. The Kier molecular flexibility index (Phi) is 9.02. The lowest BCUT2D eigenvalue weighted by Gasteiger charge is -2.25. The minimum Gasteiger partial charge on any atom is -0.462 e. The summed E-state index contributed by atoms with van der Waals surface area (Å²) in [5.41, 5.74) is -1.62. The first-order chi connectivity index (χ1) is 16.8. The number of hydrogen-bond donors (Lipinski definition) is 2. The van der Waals surface area contributed by atoms with Crippen molar-refractivity contribution in [2.45, 2.75) is 70.9 Å². The summed E-state index contributed by atoms with van der Waals surface area (Å²) in [7, 11) is -4.23. The molecule has 198 valence electrons. The second-order valence-corrected chi connectivity index (χ2v) is 11.0. The number of aryl methyl sites for hydroxylation is 1. The molecule has 1 saturated heterocycles. The normalized spacial score (nSPS) is 26.4. The quantitative estimate of drug-likeness (QED) is 0.258. The van der Waals surface area contributed by atoms with E-state index in [4.69, 9.17) is 30.7 Å². The smallest absolute Gasteiger partial charge is 0.459 e. The maximum Gasteiger partial charge on any atom is 0.459 e. The summed E-state index contributed by atoms with van der Waals surface area (Å²) < 4.78 is 52.6. The van der Waals surface area contributed by atoms with Crippen LogP contribution < -0.4 is 9.61 Å². The van der Waals surface area contributed by atoms with E-state index >= 15 is 4.39 Å². The summed E-state index contributed by atoms with van der Waals surface area (Å²) in [4.78, 5) is 16.4. The van der Waals surface area contributed by atoms with Crippen LogP contribution in [0, 0.1) is 11.7 Å². The van der Waals surface area contributed by atoms with Crippen molar-refractivity contribution in [2.24, 2.45) is 0 Å². The Morgan fingerprint density at radius 1 is 1.33 bits per heavy atom. The number of aliphatic hydroxyl groups is 1. The lowest BCUT2D eigenvalue weighted by atomic mass is 9.98. The summed E-state index contributed by atoms with van der Waals surface area (Å²) in [5.74, 6) is -0.462. The largest absolute Gasteiger partial charge is 0.462 e. The molecule has 2 unspecified atom stereocenters. The van der Waals surface area contributed by atoms with E-state index in [2.05, 4.69) is 10.1 Å². The van der Waals surface area contributed by atoms with Gasteiger partial charge in [0.25, 0.3) is 0 Å². The van der Waals surface area contributed by atoms with Crippen LogP contribution in [0.15, 0.2) is 42.6 Å². The molecule has 0 bridgehead atoms. The molecule has 3 rings (SSSR count). The number of alkyl halides is 1. The molecule has 1 aromatic carbocycles. The molecule has 13 heteroatoms. The van der Waals surface area contributed by atoms with E-state index in [1.54, 1.807) is 57.2 Å². The van der Waals surface area contributed by atoms with Crippen molar-refractivity contribution in [3.63, 3.8) is 0 Å². The third kappa shape index (κ3) is 6.76. The maximum atomic E-state index is 15.6. The second-order valence-electron chi connectivity index (χ2n) is 8.92. The first-order valence-corrected chi connectivity index (χ1v) is 13.3. The van der Waals surface area contributed by atoms with E-state index in [9.17, 15) is 14.5 Å². The Balaban J connectivity index is 1.79. The van der Waals surface area contributed by atoms with Crippen LogP contribution in [-0.4, -0.2) is 57.3 Å². The molecule has 10 nitrogen and oxygen atoms in total. The molecule has 0 aliphatic carbocycles. The minimum absolute atomic E-state index is 0.0786. The third-order valence-corrected chi connectivity index (χ3v) is 7.32. The van der Waals surface area contributed by atoms with Gasteiger partial charge < -0.3 is 19.1 Å². The van der Waals surface area contributed by atoms with Crippen LogP contribution in [0.25, 0.3) is 0 Å². The van der Waals surface area contributed by atoms with Crippen LogP contribution in [0.2, 0.25) is 0 Å². The Morgan fingerprint density at radius 2 is 2.00 bits per heavy atom. The molecule has 1 fully saturated rings. The number of esters is 1. The topological polar surface area (TPSA) is 121 Å². The van der Waals surface area contributed by atoms with Gasteiger partial charge in [0, 0.05) is 11.9 Å². The molecule has 1 aromatic heterocycles. The van der Waals surface area contributed by atoms with Gasteiger partial charge in [0.2, 0.25) is 4.77 Å². The number of nitrogens with zero attached hydrogens (tertiary/aromatic N) is 2. The first kappa shape index (κ1) is 28.4. The number of carbonyl (C=O) groups is 1. The van der Waals surface area contributed by atoms with Crippen LogP contribution >= 0.6 is 20.0 Å². The number of benzene rings is 1. The second kappa shape index (κ2) is 11.5. The van der Waals surface area contributed by atoms with Crippen molar-refractivity contribution >= 4 is 25.9 Å². The van der Waals surface area contributed by atoms with E-state index < -0.39 is 50.5 Å². The average molecular weight is 544 g/mol. The van der Waals surface area contributed by atoms with Crippen LogP contribution in [0.5, 0.6) is 5.75 Å². The lowest BCUT2D eigenvalue weighted by Crippen LogP contribution is -2.41. The van der Waals surface area contributed by atoms with Crippen LogP contribution in [-0.2, 0) is 23.4 Å². The monoisotopic (exact) mass is 543 g/mol. The van der Waals surface area contributed by atoms with E-state index in [0.29, 0.717) is 5.69 Å². The number of halogens is 1. The Hall–Kier alpha value is -2.21. The van der Waals surface area contributed by atoms with Gasteiger partial charge in [-0.2, -0.15) is 5.09 Å². The van der Waals surface area contributed by atoms with Crippen LogP contribution in [0.1, 0.15) is 39.6 Å². The van der Waals surface area contributed by atoms with Gasteiger partial charge in [-0.05, 0) is 65.0 Å². The van der Waals surface area contributed by atoms with Crippen molar-refractivity contribution in [3.8, 4) is 5.75 Å². The molecule has 0 amide bonds. The molecule has 0 radical (unpaired) electrons. The molecular weight excluding hydrogens is 512 g/mol. The van der Waals surface area contributed by atoms with Crippen molar-refractivity contribution in [3.05, 3.63) is 53.1 Å². The van der Waals surface area contributed by atoms with Gasteiger partial charge in [-0.15, -0.1) is 0 Å². The summed E-state index contributed by atoms with van der Waals surface area (Å²) >= 11 is 5.23. The predicted octanol–water partition coefficient (Wildman–Crippen LogP) is 4.04. The summed E-state index contributed by atoms with van der Waals surface area (Å²) in [6.07, 6.45) is -3.05. The predicted molar refractivity (Wildman–Crippen MR) is 132 cm³/mol. The minimum atomic E-state index is -4.23. The Bertz CT molecular complexity index is 1160. The van der Waals surface area contributed by atoms with Gasteiger partial charge in [0.1, 0.15) is 24.0 Å². The fourth-order valence-electron chi connectivity index (χ4n) is 3.53. The molecule has 1 aliphatic rings. The van der Waals surface area contributed by atoms with E-state index in [-0.39, 0.29) is 16.6 Å². The Morgan fingerprint density at radius 3 is 2.61 bits per heavy atom. The zero-order chi connectivity index (χ0) is 26.7. The van der Waals surface area contributed by atoms with Crippen molar-refractivity contribution in [2.75, 3.05) is 6.61 Å². The standard InChI is InChI=1S/C23H31FN3O7PS/c1-14(2)32-20(29)16(4)26-35(30,34-17-9-7-6-8-10-17)31-13-18-19(28)23(5,24)21(33-18)27-12-11-15(3)25-22(27)36/h6-12,14,16,18-19,21,28H,13H2,1-5H3,(H,26,30)/t16-,18+,19?,21+,23+,35?/m0/s1. The number of aromatic nitrogens is 2. The van der Waals surface area contributed by atoms with Gasteiger partial charge in [0.05, 0.1) is 12.7 Å². The number of hydrogen-bond acceptors (Lipinski definition) is 9. The summed E-state index contributed by atoms with van der Waals surface area (Å²) in [6, 6.07) is 8.75. The van der Waals surface area contributed by atoms with Gasteiger partial charge in [-0.1, -0.05) is 18.2 Å². The zero-order valence-electron chi connectivity index (χ0n) is 20.7. The highest BCUT2D eigenvalue weighted by molar-refractivity contribution is 7.71. The van der Waals surface area contributed by atoms with E-state index in [1.807, 2.05) is 0 Å². The molecule has 36 heavy (non-hydrogen) atoms. The SMILES string of the molecule is Cc1ccn([C@@H]2O[C@H](COP(=O)(N[C@@H](C)C(=O)OC(C)C)Oc3ccccc3)C(O)[C@@]2(C)F)c(=S)n1. The van der Waals surface area contributed by atoms with Crippen molar-refractivity contribution < 1.29 is 37.4 Å². The van der Waals surface area contributed by atoms with E-state index in [0.717, 1.165) is 0 Å². The molecular formula is C23H31FN3O7PS.